The predicted octanol–water partition coefficient (Wildman–Crippen LogP) is 0.977. The molecule has 0 aromatic carbocycles. The molecular weight excluding hydrogens is 238 g/mol. The van der Waals surface area contributed by atoms with Gasteiger partial charge in [-0.15, -0.1) is 0 Å². The second kappa shape index (κ2) is 5.41. The highest BCUT2D eigenvalue weighted by atomic mass is 16.2. The molecule has 2 saturated heterocycles. The highest BCUT2D eigenvalue weighted by Crippen LogP contribution is 2.59. The van der Waals surface area contributed by atoms with Crippen LogP contribution in [0, 0.1) is 11.3 Å². The van der Waals surface area contributed by atoms with Crippen LogP contribution in [0.5, 0.6) is 0 Å². The van der Waals surface area contributed by atoms with E-state index in [1.807, 2.05) is 0 Å². The van der Waals surface area contributed by atoms with Crippen LogP contribution in [-0.2, 0) is 4.79 Å². The van der Waals surface area contributed by atoms with Crippen LogP contribution in [0.1, 0.15) is 39.0 Å². The van der Waals surface area contributed by atoms with Crippen LogP contribution in [0.15, 0.2) is 0 Å². The molecule has 3 fully saturated rings. The first kappa shape index (κ1) is 13.4. The SMILES string of the molecule is CCCN(C(=O)C1CC12CCNCC2)C1CCNC1. The van der Waals surface area contributed by atoms with Crippen molar-refractivity contribution in [3.8, 4) is 0 Å². The molecule has 1 aliphatic carbocycles. The van der Waals surface area contributed by atoms with Crippen molar-refractivity contribution in [2.24, 2.45) is 11.3 Å². The Kier molecular flexibility index (Phi) is 3.81. The molecular formula is C15H27N3O. The van der Waals surface area contributed by atoms with Crippen molar-refractivity contribution in [3.05, 3.63) is 0 Å². The molecule has 0 aromatic rings. The molecule has 0 radical (unpaired) electrons. The zero-order valence-corrected chi connectivity index (χ0v) is 12.1. The Morgan fingerprint density at radius 1 is 1.26 bits per heavy atom. The van der Waals surface area contributed by atoms with E-state index in [0.717, 1.165) is 52.0 Å². The zero-order valence-electron chi connectivity index (χ0n) is 12.1. The Hall–Kier alpha value is -0.610. The number of rotatable bonds is 4. The van der Waals surface area contributed by atoms with Gasteiger partial charge in [-0.3, -0.25) is 4.79 Å². The van der Waals surface area contributed by atoms with Gasteiger partial charge in [-0.05, 0) is 57.2 Å². The summed E-state index contributed by atoms with van der Waals surface area (Å²) in [5, 5.41) is 6.81. The fourth-order valence-corrected chi connectivity index (χ4v) is 3.99. The lowest BCUT2D eigenvalue weighted by molar-refractivity contribution is -0.135. The third-order valence-corrected chi connectivity index (χ3v) is 5.31. The van der Waals surface area contributed by atoms with Crippen molar-refractivity contribution in [1.82, 2.24) is 15.5 Å². The number of carbonyl (C=O) groups is 1. The Labute approximate surface area is 116 Å². The van der Waals surface area contributed by atoms with Crippen LogP contribution in [0.4, 0.5) is 0 Å². The van der Waals surface area contributed by atoms with Crippen LogP contribution >= 0.6 is 0 Å². The largest absolute Gasteiger partial charge is 0.338 e. The Morgan fingerprint density at radius 3 is 2.68 bits per heavy atom. The second-order valence-corrected chi connectivity index (χ2v) is 6.55. The molecule has 2 atom stereocenters. The molecule has 3 aliphatic rings. The fraction of sp³-hybridized carbons (Fsp3) is 0.933. The molecule has 2 aliphatic heterocycles. The molecule has 1 spiro atoms. The van der Waals surface area contributed by atoms with E-state index in [9.17, 15) is 4.79 Å². The van der Waals surface area contributed by atoms with E-state index >= 15 is 0 Å². The summed E-state index contributed by atoms with van der Waals surface area (Å²) in [7, 11) is 0. The summed E-state index contributed by atoms with van der Waals surface area (Å²) in [4.78, 5) is 15.0. The minimum atomic E-state index is 0.335. The molecule has 2 heterocycles. The van der Waals surface area contributed by atoms with E-state index in [2.05, 4.69) is 22.5 Å². The topological polar surface area (TPSA) is 44.4 Å². The fourth-order valence-electron chi connectivity index (χ4n) is 3.99. The highest BCUT2D eigenvalue weighted by Gasteiger charge is 2.58. The molecule has 1 saturated carbocycles. The van der Waals surface area contributed by atoms with Gasteiger partial charge < -0.3 is 15.5 Å². The Morgan fingerprint density at radius 2 is 2.05 bits per heavy atom. The lowest BCUT2D eigenvalue weighted by Gasteiger charge is -2.30. The van der Waals surface area contributed by atoms with Gasteiger partial charge >= 0.3 is 0 Å². The quantitative estimate of drug-likeness (QED) is 0.796. The van der Waals surface area contributed by atoms with Gasteiger partial charge in [0.2, 0.25) is 5.91 Å². The van der Waals surface area contributed by atoms with Gasteiger partial charge in [0, 0.05) is 25.0 Å². The average molecular weight is 265 g/mol. The summed E-state index contributed by atoms with van der Waals surface area (Å²) in [6.07, 6.45) is 5.75. The first-order chi connectivity index (χ1) is 9.27. The lowest BCUT2D eigenvalue weighted by Crippen LogP contribution is -2.44. The summed E-state index contributed by atoms with van der Waals surface area (Å²) in [5.41, 5.74) is 0.375. The van der Waals surface area contributed by atoms with E-state index in [1.165, 1.54) is 12.8 Å². The van der Waals surface area contributed by atoms with Crippen molar-refractivity contribution >= 4 is 5.91 Å². The van der Waals surface area contributed by atoms with Gasteiger partial charge in [-0.25, -0.2) is 0 Å². The zero-order chi connectivity index (χ0) is 13.3. The summed E-state index contributed by atoms with van der Waals surface area (Å²) < 4.78 is 0. The maximum atomic E-state index is 12.8. The summed E-state index contributed by atoms with van der Waals surface area (Å²) >= 11 is 0. The van der Waals surface area contributed by atoms with Gasteiger partial charge in [0.1, 0.15) is 0 Å². The summed E-state index contributed by atoms with van der Waals surface area (Å²) in [6, 6.07) is 0.451. The van der Waals surface area contributed by atoms with Crippen molar-refractivity contribution in [1.29, 1.82) is 0 Å². The summed E-state index contributed by atoms with van der Waals surface area (Å²) in [6.45, 7) is 7.38. The number of nitrogens with one attached hydrogen (secondary N) is 2. The van der Waals surface area contributed by atoms with Crippen LogP contribution in [0.3, 0.4) is 0 Å². The second-order valence-electron chi connectivity index (χ2n) is 6.55. The predicted molar refractivity (Wildman–Crippen MR) is 75.9 cm³/mol. The number of nitrogens with zero attached hydrogens (tertiary/aromatic N) is 1. The van der Waals surface area contributed by atoms with E-state index < -0.39 is 0 Å². The number of amides is 1. The smallest absolute Gasteiger partial charge is 0.226 e. The minimum Gasteiger partial charge on any atom is -0.338 e. The molecule has 0 aromatic heterocycles. The monoisotopic (exact) mass is 265 g/mol. The van der Waals surface area contributed by atoms with Crippen molar-refractivity contribution in [2.75, 3.05) is 32.7 Å². The molecule has 4 heteroatoms. The molecule has 3 rings (SSSR count). The molecule has 2 N–H and O–H groups in total. The van der Waals surface area contributed by atoms with Gasteiger partial charge in [0.15, 0.2) is 0 Å². The van der Waals surface area contributed by atoms with Crippen LogP contribution in [0.25, 0.3) is 0 Å². The van der Waals surface area contributed by atoms with E-state index in [0.29, 0.717) is 23.3 Å². The average Bonchev–Trinajstić information content (AvgIpc) is 2.90. The number of carbonyl (C=O) groups excluding carboxylic acids is 1. The third kappa shape index (κ3) is 2.52. The first-order valence-electron chi connectivity index (χ1n) is 7.99. The van der Waals surface area contributed by atoms with Gasteiger partial charge in [0.05, 0.1) is 0 Å². The molecule has 2 unspecified atom stereocenters. The van der Waals surface area contributed by atoms with Crippen molar-refractivity contribution in [3.63, 3.8) is 0 Å². The normalized spacial score (nSPS) is 32.5. The number of hydrogen-bond donors (Lipinski definition) is 2. The molecule has 4 nitrogen and oxygen atoms in total. The minimum absolute atomic E-state index is 0.335. The molecule has 0 bridgehead atoms. The van der Waals surface area contributed by atoms with Crippen molar-refractivity contribution in [2.45, 2.75) is 45.1 Å². The van der Waals surface area contributed by atoms with Crippen LogP contribution < -0.4 is 10.6 Å². The molecule has 108 valence electrons. The van der Waals surface area contributed by atoms with Gasteiger partial charge in [-0.2, -0.15) is 0 Å². The van der Waals surface area contributed by atoms with Gasteiger partial charge in [0.25, 0.3) is 0 Å². The van der Waals surface area contributed by atoms with Crippen LogP contribution in [-0.4, -0.2) is 49.6 Å². The standard InChI is InChI=1S/C15H27N3O/c1-2-9-18(12-3-6-17-11-12)14(19)13-10-15(13)4-7-16-8-5-15/h12-13,16-17H,2-11H2,1H3. The first-order valence-corrected chi connectivity index (χ1v) is 7.99. The Bertz CT molecular complexity index is 332. The lowest BCUT2D eigenvalue weighted by atomic mass is 9.91. The van der Waals surface area contributed by atoms with Crippen molar-refractivity contribution < 1.29 is 4.79 Å². The molecule has 1 amide bonds. The highest BCUT2D eigenvalue weighted by molar-refractivity contribution is 5.83. The summed E-state index contributed by atoms with van der Waals surface area (Å²) in [5.74, 6) is 0.791. The maximum absolute atomic E-state index is 12.8. The van der Waals surface area contributed by atoms with E-state index in [1.54, 1.807) is 0 Å². The number of hydrogen-bond acceptors (Lipinski definition) is 3. The third-order valence-electron chi connectivity index (χ3n) is 5.31. The van der Waals surface area contributed by atoms with E-state index in [-0.39, 0.29) is 0 Å². The maximum Gasteiger partial charge on any atom is 0.226 e. The van der Waals surface area contributed by atoms with E-state index in [4.69, 9.17) is 0 Å². The molecule has 19 heavy (non-hydrogen) atoms. The number of piperidine rings is 1. The van der Waals surface area contributed by atoms with Crippen LogP contribution in [0.2, 0.25) is 0 Å². The Balaban J connectivity index is 1.64. The van der Waals surface area contributed by atoms with Gasteiger partial charge in [-0.1, -0.05) is 6.92 Å².